The Morgan fingerprint density at radius 3 is 2.53 bits per heavy atom. The zero-order valence-electron chi connectivity index (χ0n) is 17.6. The summed E-state index contributed by atoms with van der Waals surface area (Å²) in [6.07, 6.45) is 1.75. The molecule has 0 aliphatic carbocycles. The molecule has 0 aliphatic rings. The number of ether oxygens (including phenoxy) is 1. The first-order valence-electron chi connectivity index (χ1n) is 10.3. The summed E-state index contributed by atoms with van der Waals surface area (Å²) >= 11 is 5.63. The van der Waals surface area contributed by atoms with E-state index in [1.165, 1.54) is 0 Å². The van der Waals surface area contributed by atoms with E-state index >= 15 is 0 Å². The molecular formula is C27H16BrIN2O3. The monoisotopic (exact) mass is 622 g/mol. The third kappa shape index (κ3) is 5.26. The van der Waals surface area contributed by atoms with Crippen LogP contribution in [0.2, 0.25) is 0 Å². The third-order valence-corrected chi connectivity index (χ3v) is 6.19. The smallest absolute Gasteiger partial charge is 0.343 e. The average Bonchev–Trinajstić information content (AvgIpc) is 3.27. The fourth-order valence-electron chi connectivity index (χ4n) is 3.26. The Morgan fingerprint density at radius 2 is 1.76 bits per heavy atom. The van der Waals surface area contributed by atoms with Crippen molar-refractivity contribution in [3.8, 4) is 17.2 Å². The Hall–Kier alpha value is -3.30. The zero-order valence-corrected chi connectivity index (χ0v) is 21.4. The second kappa shape index (κ2) is 9.90. The number of aromatic nitrogens is 1. The van der Waals surface area contributed by atoms with E-state index in [1.54, 1.807) is 36.5 Å². The first kappa shape index (κ1) is 22.5. The van der Waals surface area contributed by atoms with E-state index in [0.717, 1.165) is 30.4 Å². The molecule has 0 fully saturated rings. The van der Waals surface area contributed by atoms with Gasteiger partial charge in [0.05, 0.1) is 11.3 Å². The lowest BCUT2D eigenvalue weighted by molar-refractivity contribution is 0.0734. The molecule has 4 aromatic carbocycles. The fraction of sp³-hybridized carbons (Fsp3) is 0. The van der Waals surface area contributed by atoms with Gasteiger partial charge in [-0.25, -0.2) is 9.78 Å². The van der Waals surface area contributed by atoms with Gasteiger partial charge in [-0.05, 0) is 113 Å². The van der Waals surface area contributed by atoms with Crippen LogP contribution in [0, 0.1) is 3.57 Å². The number of aliphatic imine (C=N–C) groups is 1. The summed E-state index contributed by atoms with van der Waals surface area (Å²) < 4.78 is 13.3. The Morgan fingerprint density at radius 1 is 0.971 bits per heavy atom. The molecule has 0 saturated heterocycles. The van der Waals surface area contributed by atoms with Crippen LogP contribution in [0.1, 0.15) is 15.9 Å². The predicted molar refractivity (Wildman–Crippen MR) is 145 cm³/mol. The van der Waals surface area contributed by atoms with E-state index in [9.17, 15) is 4.79 Å². The van der Waals surface area contributed by atoms with Gasteiger partial charge >= 0.3 is 5.97 Å². The molecular weight excluding hydrogens is 607 g/mol. The summed E-state index contributed by atoms with van der Waals surface area (Å²) in [5.41, 5.74) is 4.51. The lowest BCUT2D eigenvalue weighted by Crippen LogP contribution is -2.08. The highest BCUT2D eigenvalue weighted by molar-refractivity contribution is 14.1. The first-order valence-corrected chi connectivity index (χ1v) is 12.2. The van der Waals surface area contributed by atoms with Gasteiger partial charge in [0.2, 0.25) is 5.89 Å². The highest BCUT2D eigenvalue weighted by atomic mass is 127. The van der Waals surface area contributed by atoms with Crippen LogP contribution in [-0.4, -0.2) is 17.2 Å². The first-order chi connectivity index (χ1) is 16.5. The van der Waals surface area contributed by atoms with E-state index in [0.29, 0.717) is 22.8 Å². The van der Waals surface area contributed by atoms with Crippen molar-refractivity contribution in [2.24, 2.45) is 4.99 Å². The maximum atomic E-state index is 12.3. The van der Waals surface area contributed by atoms with Crippen molar-refractivity contribution in [1.82, 2.24) is 4.98 Å². The number of carbonyl (C=O) groups excluding carboxylic acids is 1. The molecule has 34 heavy (non-hydrogen) atoms. The maximum Gasteiger partial charge on any atom is 0.343 e. The van der Waals surface area contributed by atoms with E-state index in [1.807, 2.05) is 60.7 Å². The van der Waals surface area contributed by atoms with Crippen molar-refractivity contribution in [3.63, 3.8) is 0 Å². The van der Waals surface area contributed by atoms with Gasteiger partial charge in [0.25, 0.3) is 0 Å². The van der Waals surface area contributed by atoms with Crippen LogP contribution >= 0.6 is 38.5 Å². The van der Waals surface area contributed by atoms with Crippen molar-refractivity contribution in [1.29, 1.82) is 0 Å². The predicted octanol–water partition coefficient (Wildman–Crippen LogP) is 7.83. The molecule has 5 nitrogen and oxygen atoms in total. The Labute approximate surface area is 217 Å². The van der Waals surface area contributed by atoms with E-state index in [2.05, 4.69) is 48.5 Å². The Bertz CT molecular complexity index is 1510. The highest BCUT2D eigenvalue weighted by Gasteiger charge is 2.10. The summed E-state index contributed by atoms with van der Waals surface area (Å²) in [5.74, 6) is 0.642. The average molecular weight is 623 g/mol. The minimum absolute atomic E-state index is 0.409. The van der Waals surface area contributed by atoms with E-state index in [4.69, 9.17) is 9.15 Å². The fourth-order valence-corrected chi connectivity index (χ4v) is 4.02. The van der Waals surface area contributed by atoms with Gasteiger partial charge in [0.1, 0.15) is 11.3 Å². The number of esters is 1. The molecule has 0 aliphatic heterocycles. The van der Waals surface area contributed by atoms with Crippen LogP contribution in [0.5, 0.6) is 5.75 Å². The van der Waals surface area contributed by atoms with Crippen molar-refractivity contribution in [3.05, 3.63) is 110 Å². The molecule has 0 amide bonds. The van der Waals surface area contributed by atoms with Crippen LogP contribution in [0.15, 0.2) is 105 Å². The number of benzene rings is 4. The molecule has 5 aromatic rings. The molecule has 166 valence electrons. The van der Waals surface area contributed by atoms with Crippen molar-refractivity contribution < 1.29 is 13.9 Å². The summed E-state index contributed by atoms with van der Waals surface area (Å²) in [5, 5.41) is 0. The van der Waals surface area contributed by atoms with E-state index < -0.39 is 5.97 Å². The molecule has 0 unspecified atom stereocenters. The quantitative estimate of drug-likeness (QED) is 0.0867. The third-order valence-electron chi connectivity index (χ3n) is 4.98. The van der Waals surface area contributed by atoms with Crippen LogP contribution in [-0.2, 0) is 0 Å². The molecule has 0 saturated carbocycles. The van der Waals surface area contributed by atoms with E-state index in [-0.39, 0.29) is 0 Å². The second-order valence-corrected chi connectivity index (χ2v) is 9.57. The lowest BCUT2D eigenvalue weighted by Gasteiger charge is -2.05. The van der Waals surface area contributed by atoms with Gasteiger partial charge < -0.3 is 9.15 Å². The van der Waals surface area contributed by atoms with Crippen LogP contribution in [0.4, 0.5) is 5.69 Å². The summed E-state index contributed by atoms with van der Waals surface area (Å²) in [7, 11) is 0. The summed E-state index contributed by atoms with van der Waals surface area (Å²) in [6, 6.07) is 27.9. The maximum absolute atomic E-state index is 12.3. The number of oxazole rings is 1. The topological polar surface area (TPSA) is 64.7 Å². The van der Waals surface area contributed by atoms with Gasteiger partial charge in [-0.1, -0.05) is 22.0 Å². The van der Waals surface area contributed by atoms with Crippen LogP contribution in [0.25, 0.3) is 22.6 Å². The minimum atomic E-state index is -0.409. The SMILES string of the molecule is O=C(Oc1ccc(C=Nc2ccc3oc(-c4ccc(I)cc4)nc3c2)cc1)c1cccc(Br)c1. The van der Waals surface area contributed by atoms with Crippen molar-refractivity contribution in [2.75, 3.05) is 0 Å². The number of halogens is 2. The van der Waals surface area contributed by atoms with Gasteiger partial charge in [0, 0.05) is 19.8 Å². The molecule has 0 bridgehead atoms. The largest absolute Gasteiger partial charge is 0.436 e. The molecule has 0 atom stereocenters. The number of fused-ring (bicyclic) bond motifs is 1. The molecule has 0 radical (unpaired) electrons. The second-order valence-electron chi connectivity index (χ2n) is 7.41. The molecule has 0 spiro atoms. The van der Waals surface area contributed by atoms with Crippen molar-refractivity contribution in [2.45, 2.75) is 0 Å². The number of nitrogens with zero attached hydrogens (tertiary/aromatic N) is 2. The number of rotatable bonds is 5. The van der Waals surface area contributed by atoms with Crippen LogP contribution in [0.3, 0.4) is 0 Å². The van der Waals surface area contributed by atoms with Gasteiger partial charge in [-0.15, -0.1) is 0 Å². The number of hydrogen-bond acceptors (Lipinski definition) is 5. The number of hydrogen-bond donors (Lipinski definition) is 0. The number of carbonyl (C=O) groups is 1. The van der Waals surface area contributed by atoms with Gasteiger partial charge in [-0.2, -0.15) is 0 Å². The normalized spacial score (nSPS) is 11.2. The minimum Gasteiger partial charge on any atom is -0.436 e. The van der Waals surface area contributed by atoms with Crippen LogP contribution < -0.4 is 4.74 Å². The molecule has 7 heteroatoms. The highest BCUT2D eigenvalue weighted by Crippen LogP contribution is 2.27. The van der Waals surface area contributed by atoms with Gasteiger partial charge in [0.15, 0.2) is 5.58 Å². The molecule has 5 rings (SSSR count). The Balaban J connectivity index is 1.28. The lowest BCUT2D eigenvalue weighted by atomic mass is 10.2. The summed E-state index contributed by atoms with van der Waals surface area (Å²) in [4.78, 5) is 21.4. The zero-order chi connectivity index (χ0) is 23.5. The van der Waals surface area contributed by atoms with Gasteiger partial charge in [-0.3, -0.25) is 4.99 Å². The molecule has 1 heterocycles. The Kier molecular flexibility index (Phi) is 6.55. The molecule has 1 aromatic heterocycles. The summed E-state index contributed by atoms with van der Waals surface area (Å²) in [6.45, 7) is 0. The standard InChI is InChI=1S/C27H16BrIN2O3/c28-20-3-1-2-19(14-20)27(32)33-23-11-4-17(5-12-23)16-30-22-10-13-25-24(15-22)31-26(34-25)18-6-8-21(29)9-7-18/h1-16H. The van der Waals surface area contributed by atoms with Crippen molar-refractivity contribution >= 4 is 67.5 Å². The molecule has 0 N–H and O–H groups in total.